The van der Waals surface area contributed by atoms with Gasteiger partial charge in [0.05, 0.1) is 0 Å². The van der Waals surface area contributed by atoms with Crippen molar-refractivity contribution in [3.63, 3.8) is 0 Å². The Morgan fingerprint density at radius 1 is 1.53 bits per heavy atom. The zero-order valence-corrected chi connectivity index (χ0v) is 9.04. The van der Waals surface area contributed by atoms with E-state index in [0.717, 1.165) is 6.42 Å². The van der Waals surface area contributed by atoms with E-state index >= 15 is 0 Å². The Morgan fingerprint density at radius 3 is 2.47 bits per heavy atom. The summed E-state index contributed by atoms with van der Waals surface area (Å²) in [6.45, 7) is 5.71. The molecule has 1 amide bonds. The predicted molar refractivity (Wildman–Crippen MR) is 55.2 cm³/mol. The van der Waals surface area contributed by atoms with Gasteiger partial charge in [0.25, 0.3) is 0 Å². The topological polar surface area (TPSA) is 69.6 Å². The summed E-state index contributed by atoms with van der Waals surface area (Å²) in [4.78, 5) is 24.3. The molecule has 0 aromatic rings. The third kappa shape index (κ3) is 2.02. The van der Waals surface area contributed by atoms with E-state index in [1.165, 1.54) is 0 Å². The zero-order chi connectivity index (χ0) is 11.6. The van der Waals surface area contributed by atoms with Gasteiger partial charge in [-0.3, -0.25) is 9.69 Å². The molecule has 84 valence electrons. The number of carboxylic acids is 1. The largest absolute Gasteiger partial charge is 0.478 e. The Morgan fingerprint density at radius 2 is 2.13 bits per heavy atom. The van der Waals surface area contributed by atoms with Gasteiger partial charge in [-0.15, -0.1) is 0 Å². The van der Waals surface area contributed by atoms with E-state index < -0.39 is 17.5 Å². The van der Waals surface area contributed by atoms with Gasteiger partial charge < -0.3 is 10.4 Å². The molecule has 0 bridgehead atoms. The molecule has 0 aromatic carbocycles. The number of likely N-dealkylation sites (N-methyl/N-ethyl adjacent to an activating group) is 1. The van der Waals surface area contributed by atoms with E-state index in [9.17, 15) is 14.7 Å². The van der Waals surface area contributed by atoms with Gasteiger partial charge in [-0.25, -0.2) is 4.79 Å². The first kappa shape index (κ1) is 11.7. The molecule has 0 unspecified atom stereocenters. The van der Waals surface area contributed by atoms with Gasteiger partial charge >= 0.3 is 5.97 Å². The van der Waals surface area contributed by atoms with Crippen LogP contribution >= 0.6 is 0 Å². The first-order chi connectivity index (χ1) is 6.90. The summed E-state index contributed by atoms with van der Waals surface area (Å²) in [7, 11) is 1.69. The molecule has 5 heteroatoms. The van der Waals surface area contributed by atoms with Crippen LogP contribution in [0.15, 0.2) is 12.2 Å². The second-order valence-electron chi connectivity index (χ2n) is 3.92. The molecule has 1 saturated heterocycles. The Hall–Kier alpha value is -1.36. The number of amides is 1. The molecule has 1 atom stereocenters. The number of carbonyl (C=O) groups excluding carboxylic acids is 1. The molecule has 1 aliphatic heterocycles. The summed E-state index contributed by atoms with van der Waals surface area (Å²) in [5.74, 6) is -1.43. The lowest BCUT2D eigenvalue weighted by Crippen LogP contribution is -2.61. The number of nitrogens with zero attached hydrogens (tertiary/aromatic N) is 1. The first-order valence-electron chi connectivity index (χ1n) is 4.83. The van der Waals surface area contributed by atoms with Crippen molar-refractivity contribution < 1.29 is 14.7 Å². The average Bonchev–Trinajstić information content (AvgIpc) is 2.48. The fourth-order valence-electron chi connectivity index (χ4n) is 1.73. The van der Waals surface area contributed by atoms with Crippen LogP contribution in [0.3, 0.4) is 0 Å². The van der Waals surface area contributed by atoms with E-state index in [1.54, 1.807) is 18.9 Å². The van der Waals surface area contributed by atoms with Gasteiger partial charge in [0, 0.05) is 12.1 Å². The van der Waals surface area contributed by atoms with Crippen molar-refractivity contribution >= 4 is 11.9 Å². The van der Waals surface area contributed by atoms with Crippen molar-refractivity contribution in [2.45, 2.75) is 25.4 Å². The lowest BCUT2D eigenvalue weighted by Gasteiger charge is -2.32. The highest BCUT2D eigenvalue weighted by molar-refractivity contribution is 5.96. The second-order valence-corrected chi connectivity index (χ2v) is 3.92. The summed E-state index contributed by atoms with van der Waals surface area (Å²) < 4.78 is 0. The lowest BCUT2D eigenvalue weighted by atomic mass is 10.1. The van der Waals surface area contributed by atoms with Crippen LogP contribution in [0.25, 0.3) is 0 Å². The van der Waals surface area contributed by atoms with Crippen LogP contribution < -0.4 is 5.32 Å². The molecule has 0 saturated carbocycles. The standard InChI is InChI=1S/C10H16N2O3/c1-7(2)8(13)11-10(9(14)15)5-4-6-12(10)3/h1,4-6H2,2-3H3,(H,11,13)(H,14,15)/t10-/m0/s1. The number of hydrogen-bond donors (Lipinski definition) is 2. The third-order valence-electron chi connectivity index (χ3n) is 2.75. The van der Waals surface area contributed by atoms with Gasteiger partial charge in [-0.05, 0) is 26.8 Å². The summed E-state index contributed by atoms with van der Waals surface area (Å²) >= 11 is 0. The molecule has 0 aromatic heterocycles. The molecule has 1 heterocycles. The molecule has 0 radical (unpaired) electrons. The van der Waals surface area contributed by atoms with E-state index in [4.69, 9.17) is 0 Å². The smallest absolute Gasteiger partial charge is 0.344 e. The Kier molecular flexibility index (Phi) is 3.14. The summed E-state index contributed by atoms with van der Waals surface area (Å²) in [5, 5.41) is 11.7. The highest BCUT2D eigenvalue weighted by atomic mass is 16.4. The van der Waals surface area contributed by atoms with Crippen LogP contribution in [0, 0.1) is 0 Å². The number of aliphatic carboxylic acids is 1. The van der Waals surface area contributed by atoms with Gasteiger partial charge in [0.1, 0.15) is 0 Å². The van der Waals surface area contributed by atoms with E-state index in [2.05, 4.69) is 11.9 Å². The molecule has 15 heavy (non-hydrogen) atoms. The number of carbonyl (C=O) groups is 2. The SMILES string of the molecule is C=C(C)C(=O)N[C@@]1(C(=O)O)CCCN1C. The fraction of sp³-hybridized carbons (Fsp3) is 0.600. The van der Waals surface area contributed by atoms with Crippen molar-refractivity contribution in [3.05, 3.63) is 12.2 Å². The molecule has 1 rings (SSSR count). The molecule has 1 aliphatic rings. The summed E-state index contributed by atoms with van der Waals surface area (Å²) in [5.41, 5.74) is -0.938. The third-order valence-corrected chi connectivity index (χ3v) is 2.75. The van der Waals surface area contributed by atoms with Crippen molar-refractivity contribution in [2.75, 3.05) is 13.6 Å². The zero-order valence-electron chi connectivity index (χ0n) is 9.04. The van der Waals surface area contributed by atoms with E-state index in [1.807, 2.05) is 0 Å². The number of likely N-dealkylation sites (tertiary alicyclic amines) is 1. The monoisotopic (exact) mass is 212 g/mol. The highest BCUT2D eigenvalue weighted by Crippen LogP contribution is 2.25. The molecule has 0 aliphatic carbocycles. The average molecular weight is 212 g/mol. The Balaban J connectivity index is 2.88. The van der Waals surface area contributed by atoms with Crippen LogP contribution in [0.4, 0.5) is 0 Å². The number of nitrogens with one attached hydrogen (secondary N) is 1. The maximum Gasteiger partial charge on any atom is 0.344 e. The van der Waals surface area contributed by atoms with Crippen LogP contribution in [-0.2, 0) is 9.59 Å². The van der Waals surface area contributed by atoms with Crippen LogP contribution in [0.5, 0.6) is 0 Å². The number of carboxylic acid groups (broad SMARTS) is 1. The number of rotatable bonds is 3. The summed E-state index contributed by atoms with van der Waals surface area (Å²) in [6.07, 6.45) is 1.19. The maximum atomic E-state index is 11.5. The van der Waals surface area contributed by atoms with Crippen molar-refractivity contribution in [1.29, 1.82) is 0 Å². The van der Waals surface area contributed by atoms with E-state index in [-0.39, 0.29) is 0 Å². The lowest BCUT2D eigenvalue weighted by molar-refractivity contribution is -0.153. The van der Waals surface area contributed by atoms with Crippen molar-refractivity contribution in [2.24, 2.45) is 0 Å². The predicted octanol–water partition coefficient (Wildman–Crippen LogP) is 0.185. The van der Waals surface area contributed by atoms with Gasteiger partial charge in [0.15, 0.2) is 5.66 Å². The molecular formula is C10H16N2O3. The van der Waals surface area contributed by atoms with Crippen molar-refractivity contribution in [3.8, 4) is 0 Å². The Bertz CT molecular complexity index is 314. The minimum Gasteiger partial charge on any atom is -0.478 e. The molecule has 2 N–H and O–H groups in total. The van der Waals surface area contributed by atoms with E-state index in [0.29, 0.717) is 18.5 Å². The minimum absolute atomic E-state index is 0.316. The van der Waals surface area contributed by atoms with Crippen molar-refractivity contribution in [1.82, 2.24) is 10.2 Å². The van der Waals surface area contributed by atoms with Gasteiger partial charge in [-0.2, -0.15) is 0 Å². The fourth-order valence-corrected chi connectivity index (χ4v) is 1.73. The molecular weight excluding hydrogens is 196 g/mol. The van der Waals surface area contributed by atoms with Gasteiger partial charge in [0.2, 0.25) is 5.91 Å². The molecule has 0 spiro atoms. The highest BCUT2D eigenvalue weighted by Gasteiger charge is 2.47. The summed E-state index contributed by atoms with van der Waals surface area (Å²) in [6, 6.07) is 0. The quantitative estimate of drug-likeness (QED) is 0.655. The second kappa shape index (κ2) is 4.02. The molecule has 5 nitrogen and oxygen atoms in total. The maximum absolute atomic E-state index is 11.5. The Labute approximate surface area is 88.8 Å². The van der Waals surface area contributed by atoms with Crippen LogP contribution in [-0.4, -0.2) is 41.1 Å². The number of hydrogen-bond acceptors (Lipinski definition) is 3. The first-order valence-corrected chi connectivity index (χ1v) is 4.83. The minimum atomic E-state index is -1.25. The van der Waals surface area contributed by atoms with Gasteiger partial charge in [-0.1, -0.05) is 6.58 Å². The van der Waals surface area contributed by atoms with Crippen LogP contribution in [0.1, 0.15) is 19.8 Å². The normalized spacial score (nSPS) is 26.3. The van der Waals surface area contributed by atoms with Crippen LogP contribution in [0.2, 0.25) is 0 Å². The molecule has 1 fully saturated rings.